The monoisotopic (exact) mass is 285 g/mol. The molecule has 1 rings (SSSR count). The van der Waals surface area contributed by atoms with Crippen LogP contribution in [0.25, 0.3) is 0 Å². The zero-order valence-electron chi connectivity index (χ0n) is 11.7. The third-order valence-electron chi connectivity index (χ3n) is 2.61. The van der Waals surface area contributed by atoms with Crippen molar-refractivity contribution in [3.63, 3.8) is 0 Å². The lowest BCUT2D eigenvalue weighted by Crippen LogP contribution is -2.35. The number of aryl methyl sites for hydroxylation is 2. The fraction of sp³-hybridized carbons (Fsp3) is 0.667. The van der Waals surface area contributed by atoms with Gasteiger partial charge in [-0.15, -0.1) is 0 Å². The van der Waals surface area contributed by atoms with Gasteiger partial charge in [-0.25, -0.2) is 8.42 Å². The Kier molecular flexibility index (Phi) is 5.09. The number of aromatic nitrogens is 1. The molecule has 0 spiro atoms. The van der Waals surface area contributed by atoms with Crippen LogP contribution in [0.3, 0.4) is 0 Å². The van der Waals surface area contributed by atoms with E-state index in [2.05, 4.69) is 5.16 Å². The Balaban J connectivity index is 3.16. The summed E-state index contributed by atoms with van der Waals surface area (Å²) in [5.74, 6) is 0.456. The van der Waals surface area contributed by atoms with E-state index < -0.39 is 10.0 Å². The highest BCUT2D eigenvalue weighted by atomic mass is 32.2. The summed E-state index contributed by atoms with van der Waals surface area (Å²) in [7, 11) is -3.66. The molecule has 0 aliphatic rings. The van der Waals surface area contributed by atoms with Crippen LogP contribution in [0.1, 0.15) is 31.7 Å². The average molecular weight is 285 g/mol. The van der Waals surface area contributed by atoms with Crippen LogP contribution in [0.2, 0.25) is 0 Å². The summed E-state index contributed by atoms with van der Waals surface area (Å²) in [6.07, 6.45) is 0.162. The van der Waals surface area contributed by atoms with E-state index in [0.29, 0.717) is 12.2 Å². The van der Waals surface area contributed by atoms with E-state index in [1.807, 2.05) is 19.9 Å². The summed E-state index contributed by atoms with van der Waals surface area (Å²) in [5.41, 5.74) is 0.350. The average Bonchev–Trinajstić information content (AvgIpc) is 2.64. The molecule has 19 heavy (non-hydrogen) atoms. The number of sulfonamides is 1. The van der Waals surface area contributed by atoms with Crippen LogP contribution in [0.15, 0.2) is 9.42 Å². The van der Waals surface area contributed by atoms with E-state index in [1.54, 1.807) is 13.8 Å². The molecule has 0 fully saturated rings. The van der Waals surface area contributed by atoms with E-state index in [4.69, 9.17) is 9.78 Å². The van der Waals surface area contributed by atoms with Crippen molar-refractivity contribution in [2.24, 2.45) is 5.92 Å². The molecule has 0 aliphatic carbocycles. The van der Waals surface area contributed by atoms with Crippen molar-refractivity contribution in [2.45, 2.75) is 39.0 Å². The van der Waals surface area contributed by atoms with Crippen LogP contribution < -0.4 is 0 Å². The van der Waals surface area contributed by atoms with Crippen molar-refractivity contribution in [1.82, 2.24) is 9.46 Å². The summed E-state index contributed by atoms with van der Waals surface area (Å²) in [5, 5.41) is 12.3. The van der Waals surface area contributed by atoms with Gasteiger partial charge in [-0.2, -0.15) is 9.57 Å². The van der Waals surface area contributed by atoms with Crippen LogP contribution in [0.5, 0.6) is 0 Å². The maximum absolute atomic E-state index is 12.6. The van der Waals surface area contributed by atoms with Gasteiger partial charge in [-0.05, 0) is 19.8 Å². The Morgan fingerprint density at radius 1 is 1.42 bits per heavy atom. The van der Waals surface area contributed by atoms with Crippen LogP contribution in [0.4, 0.5) is 0 Å². The Labute approximate surface area is 114 Å². The van der Waals surface area contributed by atoms with Gasteiger partial charge in [0.2, 0.25) is 10.0 Å². The highest BCUT2D eigenvalue weighted by molar-refractivity contribution is 7.89. The Bertz CT molecular complexity index is 550. The predicted molar refractivity (Wildman–Crippen MR) is 69.8 cm³/mol. The first-order chi connectivity index (χ1) is 8.80. The van der Waals surface area contributed by atoms with Crippen molar-refractivity contribution in [2.75, 3.05) is 13.1 Å². The quantitative estimate of drug-likeness (QED) is 0.796. The van der Waals surface area contributed by atoms with Gasteiger partial charge in [0.05, 0.1) is 6.07 Å². The van der Waals surface area contributed by atoms with E-state index in [0.717, 1.165) is 0 Å². The number of nitriles is 1. The highest BCUT2D eigenvalue weighted by Crippen LogP contribution is 2.24. The normalized spacial score (nSPS) is 12.1. The van der Waals surface area contributed by atoms with Gasteiger partial charge in [0.15, 0.2) is 5.76 Å². The smallest absolute Gasteiger partial charge is 0.248 e. The van der Waals surface area contributed by atoms with E-state index in [-0.39, 0.29) is 29.5 Å². The number of hydrogen-bond donors (Lipinski definition) is 0. The van der Waals surface area contributed by atoms with Gasteiger partial charge in [0, 0.05) is 19.5 Å². The second-order valence-corrected chi connectivity index (χ2v) is 6.69. The third-order valence-corrected chi connectivity index (χ3v) is 4.72. The maximum Gasteiger partial charge on any atom is 0.248 e. The first kappa shape index (κ1) is 15.7. The Morgan fingerprint density at radius 3 is 2.47 bits per heavy atom. The molecule has 0 radical (unpaired) electrons. The van der Waals surface area contributed by atoms with Gasteiger partial charge in [0.25, 0.3) is 0 Å². The summed E-state index contributed by atoms with van der Waals surface area (Å²) < 4.78 is 31.4. The molecule has 1 aromatic heterocycles. The third kappa shape index (κ3) is 3.55. The molecular formula is C12H19N3O3S. The van der Waals surface area contributed by atoms with E-state index in [1.165, 1.54) is 4.31 Å². The van der Waals surface area contributed by atoms with Gasteiger partial charge < -0.3 is 4.52 Å². The fourth-order valence-corrected chi connectivity index (χ4v) is 3.76. The molecule has 0 unspecified atom stereocenters. The molecule has 106 valence electrons. The number of rotatable bonds is 6. The molecule has 0 atom stereocenters. The summed E-state index contributed by atoms with van der Waals surface area (Å²) in [4.78, 5) is 0.117. The van der Waals surface area contributed by atoms with Crippen molar-refractivity contribution in [3.05, 3.63) is 11.5 Å². The summed E-state index contributed by atoms with van der Waals surface area (Å²) >= 11 is 0. The second kappa shape index (κ2) is 6.17. The molecule has 0 saturated carbocycles. The van der Waals surface area contributed by atoms with Crippen LogP contribution in [0, 0.1) is 31.1 Å². The minimum absolute atomic E-state index is 0.117. The molecule has 0 bridgehead atoms. The fourth-order valence-electron chi connectivity index (χ4n) is 1.86. The van der Waals surface area contributed by atoms with Crippen molar-refractivity contribution < 1.29 is 12.9 Å². The van der Waals surface area contributed by atoms with Crippen molar-refractivity contribution >= 4 is 10.0 Å². The van der Waals surface area contributed by atoms with Crippen molar-refractivity contribution in [3.8, 4) is 6.07 Å². The van der Waals surface area contributed by atoms with E-state index in [9.17, 15) is 8.42 Å². The second-order valence-electron chi connectivity index (χ2n) is 4.82. The lowest BCUT2D eigenvalue weighted by Gasteiger charge is -2.22. The molecule has 0 N–H and O–H groups in total. The number of nitrogens with zero attached hydrogens (tertiary/aromatic N) is 3. The van der Waals surface area contributed by atoms with Gasteiger partial charge >= 0.3 is 0 Å². The Hall–Kier alpha value is -1.39. The largest absolute Gasteiger partial charge is 0.360 e. The topological polar surface area (TPSA) is 87.2 Å². The summed E-state index contributed by atoms with van der Waals surface area (Å²) in [6, 6.07) is 1.97. The highest BCUT2D eigenvalue weighted by Gasteiger charge is 2.30. The van der Waals surface area contributed by atoms with Crippen LogP contribution in [-0.4, -0.2) is 31.0 Å². The molecule has 0 amide bonds. The van der Waals surface area contributed by atoms with Crippen molar-refractivity contribution in [1.29, 1.82) is 5.26 Å². The minimum atomic E-state index is -3.66. The van der Waals surface area contributed by atoms with Gasteiger partial charge in [-0.1, -0.05) is 19.0 Å². The van der Waals surface area contributed by atoms with E-state index >= 15 is 0 Å². The molecule has 1 aromatic rings. The molecule has 0 saturated heterocycles. The first-order valence-electron chi connectivity index (χ1n) is 6.10. The lowest BCUT2D eigenvalue weighted by molar-refractivity contribution is 0.369. The van der Waals surface area contributed by atoms with Crippen LogP contribution >= 0.6 is 0 Å². The zero-order valence-corrected chi connectivity index (χ0v) is 12.5. The standard InChI is InChI=1S/C12H19N3O3S/c1-9(2)8-15(7-5-6-13)19(16,17)12-10(3)14-18-11(12)4/h9H,5,7-8H2,1-4H3. The SMILES string of the molecule is Cc1noc(C)c1S(=O)(=O)N(CCC#N)CC(C)C. The van der Waals surface area contributed by atoms with Gasteiger partial charge in [0.1, 0.15) is 10.6 Å². The molecular weight excluding hydrogens is 266 g/mol. The minimum Gasteiger partial charge on any atom is -0.360 e. The Morgan fingerprint density at radius 2 is 2.05 bits per heavy atom. The van der Waals surface area contributed by atoms with Gasteiger partial charge in [-0.3, -0.25) is 0 Å². The predicted octanol–water partition coefficient (Wildman–Crippen LogP) is 1.85. The molecule has 0 aromatic carbocycles. The molecule has 7 heteroatoms. The maximum atomic E-state index is 12.6. The zero-order chi connectivity index (χ0) is 14.6. The molecule has 1 heterocycles. The number of hydrogen-bond acceptors (Lipinski definition) is 5. The lowest BCUT2D eigenvalue weighted by atomic mass is 10.2. The molecule has 0 aliphatic heterocycles. The summed E-state index contributed by atoms with van der Waals surface area (Å²) in [6.45, 7) is 7.59. The first-order valence-corrected chi connectivity index (χ1v) is 7.54. The van der Waals surface area contributed by atoms with Crippen LogP contribution in [-0.2, 0) is 10.0 Å². The molecule has 6 nitrogen and oxygen atoms in total.